The molecule has 31 heavy (non-hydrogen) atoms. The molecule has 0 spiro atoms. The van der Waals surface area contributed by atoms with Crippen molar-refractivity contribution >= 4 is 11.6 Å². The number of hydrogen-bond acceptors (Lipinski definition) is 4. The van der Waals surface area contributed by atoms with Gasteiger partial charge >= 0.3 is 0 Å². The van der Waals surface area contributed by atoms with Gasteiger partial charge in [-0.25, -0.2) is 13.8 Å². The molecule has 0 aromatic heterocycles. The van der Waals surface area contributed by atoms with Crippen molar-refractivity contribution in [2.75, 3.05) is 19.6 Å². The molecule has 2 aliphatic rings. The van der Waals surface area contributed by atoms with Crippen LogP contribution in [0.3, 0.4) is 0 Å². The summed E-state index contributed by atoms with van der Waals surface area (Å²) in [5.74, 6) is -1.23. The van der Waals surface area contributed by atoms with Crippen molar-refractivity contribution in [2.24, 2.45) is 5.10 Å². The Kier molecular flexibility index (Phi) is 5.90. The van der Waals surface area contributed by atoms with Gasteiger partial charge in [-0.15, -0.1) is 0 Å². The van der Waals surface area contributed by atoms with E-state index in [2.05, 4.69) is 22.2 Å². The molecular weight excluding hydrogens is 398 g/mol. The molecule has 0 saturated carbocycles. The van der Waals surface area contributed by atoms with Crippen molar-refractivity contribution in [1.29, 1.82) is 0 Å². The number of nitrogens with zero attached hydrogens (tertiary/aromatic N) is 3. The van der Waals surface area contributed by atoms with Gasteiger partial charge in [0.25, 0.3) is 5.91 Å². The molecule has 2 unspecified atom stereocenters. The maximum absolute atomic E-state index is 14.5. The van der Waals surface area contributed by atoms with Gasteiger partial charge in [0, 0.05) is 37.7 Å². The summed E-state index contributed by atoms with van der Waals surface area (Å²) in [7, 11) is 0. The van der Waals surface area contributed by atoms with E-state index >= 15 is 0 Å². The van der Waals surface area contributed by atoms with E-state index in [4.69, 9.17) is 0 Å². The molecule has 2 aliphatic heterocycles. The lowest BCUT2D eigenvalue weighted by molar-refractivity contribution is -0.142. The van der Waals surface area contributed by atoms with Crippen LogP contribution in [0, 0.1) is 11.6 Å². The molecule has 1 amide bonds. The average Bonchev–Trinajstić information content (AvgIpc) is 3.13. The number of rotatable bonds is 4. The van der Waals surface area contributed by atoms with E-state index in [0.29, 0.717) is 18.2 Å². The second kappa shape index (κ2) is 8.48. The van der Waals surface area contributed by atoms with Gasteiger partial charge < -0.3 is 5.32 Å². The Morgan fingerprint density at radius 2 is 1.97 bits per heavy atom. The van der Waals surface area contributed by atoms with Crippen LogP contribution in [0.2, 0.25) is 0 Å². The molecule has 2 aromatic carbocycles. The highest BCUT2D eigenvalue weighted by atomic mass is 19.1. The molecule has 5 nitrogen and oxygen atoms in total. The highest BCUT2D eigenvalue weighted by molar-refractivity contribution is 6.04. The Hall–Kier alpha value is -2.64. The largest absolute Gasteiger partial charge is 0.312 e. The fourth-order valence-corrected chi connectivity index (χ4v) is 4.50. The van der Waals surface area contributed by atoms with Gasteiger partial charge in [0.05, 0.1) is 17.3 Å². The fourth-order valence-electron chi connectivity index (χ4n) is 4.50. The van der Waals surface area contributed by atoms with Crippen LogP contribution in [-0.2, 0) is 10.3 Å². The second-order valence-corrected chi connectivity index (χ2v) is 8.66. The van der Waals surface area contributed by atoms with Crippen molar-refractivity contribution in [3.63, 3.8) is 0 Å². The first kappa shape index (κ1) is 21.6. The highest BCUT2D eigenvalue weighted by Gasteiger charge is 2.46. The minimum absolute atomic E-state index is 0.0981. The molecule has 0 bridgehead atoms. The topological polar surface area (TPSA) is 47.9 Å². The summed E-state index contributed by atoms with van der Waals surface area (Å²) in [6.07, 6.45) is 0.299. The van der Waals surface area contributed by atoms with Crippen LogP contribution in [0.1, 0.15) is 38.3 Å². The molecule has 1 N–H and O–H groups in total. The Bertz CT molecular complexity index is 996. The molecule has 164 valence electrons. The third-order valence-corrected chi connectivity index (χ3v) is 6.35. The van der Waals surface area contributed by atoms with E-state index in [0.717, 1.165) is 43.4 Å². The monoisotopic (exact) mass is 426 g/mol. The number of carbonyl (C=O) groups is 1. The molecule has 2 aromatic rings. The first-order valence-corrected chi connectivity index (χ1v) is 10.7. The van der Waals surface area contributed by atoms with Gasteiger partial charge in [-0.2, -0.15) is 5.10 Å². The van der Waals surface area contributed by atoms with E-state index in [1.54, 1.807) is 0 Å². The van der Waals surface area contributed by atoms with Crippen molar-refractivity contribution in [1.82, 2.24) is 15.2 Å². The molecule has 1 fully saturated rings. The molecular formula is C24H28F2N4O. The number of hydrogen-bond donors (Lipinski definition) is 1. The number of nitrogens with one attached hydrogen (secondary N) is 1. The summed E-state index contributed by atoms with van der Waals surface area (Å²) in [5, 5.41) is 9.45. The number of amides is 1. The maximum Gasteiger partial charge on any atom is 0.260 e. The van der Waals surface area contributed by atoms with Crippen LogP contribution >= 0.6 is 0 Å². The minimum atomic E-state index is -0.791. The summed E-state index contributed by atoms with van der Waals surface area (Å²) in [5.41, 5.74) is 0.582. The Morgan fingerprint density at radius 1 is 1.23 bits per heavy atom. The zero-order valence-electron chi connectivity index (χ0n) is 18.1. The van der Waals surface area contributed by atoms with Crippen molar-refractivity contribution in [3.8, 4) is 0 Å². The third kappa shape index (κ3) is 4.12. The molecule has 0 radical (unpaired) electrons. The number of piperazine rings is 1. The lowest BCUT2D eigenvalue weighted by Crippen LogP contribution is -2.57. The van der Waals surface area contributed by atoms with Crippen LogP contribution in [0.4, 0.5) is 8.78 Å². The van der Waals surface area contributed by atoms with Crippen molar-refractivity contribution < 1.29 is 13.6 Å². The number of benzene rings is 2. The lowest BCUT2D eigenvalue weighted by atomic mass is 9.85. The second-order valence-electron chi connectivity index (χ2n) is 8.66. The van der Waals surface area contributed by atoms with Gasteiger partial charge in [-0.1, -0.05) is 30.3 Å². The van der Waals surface area contributed by atoms with E-state index in [-0.39, 0.29) is 17.5 Å². The van der Waals surface area contributed by atoms with Crippen molar-refractivity contribution in [3.05, 3.63) is 71.3 Å². The number of hydrazone groups is 1. The first-order valence-electron chi connectivity index (χ1n) is 10.7. The predicted molar refractivity (Wildman–Crippen MR) is 117 cm³/mol. The van der Waals surface area contributed by atoms with E-state index < -0.39 is 17.2 Å². The summed E-state index contributed by atoms with van der Waals surface area (Å²) in [6, 6.07) is 12.9. The number of carbonyl (C=O) groups excluding carboxylic acids is 1. The average molecular weight is 427 g/mol. The molecule has 0 aliphatic carbocycles. The summed E-state index contributed by atoms with van der Waals surface area (Å²) in [6.45, 7) is 8.26. The number of halogens is 2. The fraction of sp³-hybridized carbons (Fsp3) is 0.417. The smallest absolute Gasteiger partial charge is 0.260 e. The minimum Gasteiger partial charge on any atom is -0.312 e. The highest BCUT2D eigenvalue weighted by Crippen LogP contribution is 2.40. The normalized spacial score (nSPS) is 25.4. The third-order valence-electron chi connectivity index (χ3n) is 6.35. The van der Waals surface area contributed by atoms with Crippen LogP contribution in [0.5, 0.6) is 0 Å². The van der Waals surface area contributed by atoms with E-state index in [1.165, 1.54) is 5.01 Å². The van der Waals surface area contributed by atoms with Crippen LogP contribution < -0.4 is 5.32 Å². The zero-order chi connectivity index (χ0) is 22.2. The molecule has 7 heteroatoms. The van der Waals surface area contributed by atoms with Crippen LogP contribution in [0.25, 0.3) is 0 Å². The maximum atomic E-state index is 14.5. The standard InChI is InChI=1S/C24H28F2N4O/c1-16-15-29(12-11-27-16)17(2)23(31)30-24(3,18-7-5-4-6-8-18)14-22(28-30)20-13-19(25)9-10-21(20)26/h4-10,13,16-17,27H,11-12,14-15H2,1-3H3/t16-,17?,24?/m0/s1. The predicted octanol–water partition coefficient (Wildman–Crippen LogP) is 3.50. The van der Waals surface area contributed by atoms with Crippen molar-refractivity contribution in [2.45, 2.75) is 44.8 Å². The quantitative estimate of drug-likeness (QED) is 0.814. The van der Waals surface area contributed by atoms with E-state index in [1.807, 2.05) is 44.2 Å². The van der Waals surface area contributed by atoms with Crippen LogP contribution in [-0.4, -0.2) is 53.2 Å². The molecule has 2 heterocycles. The van der Waals surface area contributed by atoms with Gasteiger partial charge in [-0.3, -0.25) is 9.69 Å². The lowest BCUT2D eigenvalue weighted by Gasteiger charge is -2.39. The zero-order valence-corrected chi connectivity index (χ0v) is 18.1. The van der Waals surface area contributed by atoms with Crippen LogP contribution in [0.15, 0.2) is 53.6 Å². The van der Waals surface area contributed by atoms with Gasteiger partial charge in [0.15, 0.2) is 0 Å². The molecule has 4 rings (SSSR count). The summed E-state index contributed by atoms with van der Waals surface area (Å²) < 4.78 is 28.4. The van der Waals surface area contributed by atoms with Gasteiger partial charge in [0.2, 0.25) is 0 Å². The molecule has 3 atom stereocenters. The van der Waals surface area contributed by atoms with Gasteiger partial charge in [0.1, 0.15) is 11.6 Å². The summed E-state index contributed by atoms with van der Waals surface area (Å²) in [4.78, 5) is 15.8. The Balaban J connectivity index is 1.72. The van der Waals surface area contributed by atoms with E-state index in [9.17, 15) is 13.6 Å². The Labute approximate surface area is 181 Å². The summed E-state index contributed by atoms with van der Waals surface area (Å²) >= 11 is 0. The Morgan fingerprint density at radius 3 is 2.68 bits per heavy atom. The molecule has 1 saturated heterocycles. The van der Waals surface area contributed by atoms with Gasteiger partial charge in [-0.05, 0) is 44.5 Å². The SMILES string of the molecule is CC(C(=O)N1N=C(c2cc(F)ccc2F)CC1(C)c1ccccc1)N1CCN[C@@H](C)C1. The first-order chi connectivity index (χ1) is 14.8.